The predicted molar refractivity (Wildman–Crippen MR) is 97.1 cm³/mol. The third-order valence-corrected chi connectivity index (χ3v) is 3.55. The van der Waals surface area contributed by atoms with E-state index in [-0.39, 0.29) is 11.7 Å². The lowest BCUT2D eigenvalue weighted by molar-refractivity contribution is 0.521. The van der Waals surface area contributed by atoms with Gasteiger partial charge in [0.1, 0.15) is 11.9 Å². The van der Waals surface area contributed by atoms with E-state index in [4.69, 9.17) is 5.73 Å². The summed E-state index contributed by atoms with van der Waals surface area (Å²) in [4.78, 5) is 8.69. The van der Waals surface area contributed by atoms with Crippen molar-refractivity contribution < 1.29 is 0 Å². The van der Waals surface area contributed by atoms with Crippen molar-refractivity contribution in [1.29, 1.82) is 5.26 Å². The maximum atomic E-state index is 9.26. The zero-order valence-electron chi connectivity index (χ0n) is 14.4. The van der Waals surface area contributed by atoms with Crippen LogP contribution in [0.3, 0.4) is 0 Å². The van der Waals surface area contributed by atoms with Crippen LogP contribution in [0.1, 0.15) is 31.5 Å². The molecule has 0 bridgehead atoms. The van der Waals surface area contributed by atoms with Crippen molar-refractivity contribution in [1.82, 2.24) is 9.97 Å². The third kappa shape index (κ3) is 4.93. The molecule has 1 atom stereocenters. The molecule has 0 aliphatic rings. The summed E-state index contributed by atoms with van der Waals surface area (Å²) >= 11 is 0. The van der Waals surface area contributed by atoms with Crippen LogP contribution < -0.4 is 16.4 Å². The Kier molecular flexibility index (Phi) is 6.10. The second kappa shape index (κ2) is 8.27. The van der Waals surface area contributed by atoms with Crippen molar-refractivity contribution in [2.24, 2.45) is 11.7 Å². The highest BCUT2D eigenvalue weighted by atomic mass is 15.1. The van der Waals surface area contributed by atoms with Crippen molar-refractivity contribution in [3.8, 4) is 6.07 Å². The Morgan fingerprint density at radius 2 is 2.12 bits per heavy atom. The number of nitrogens with one attached hydrogen (secondary N) is 2. The summed E-state index contributed by atoms with van der Waals surface area (Å²) in [7, 11) is 0. The molecule has 0 saturated carbocycles. The van der Waals surface area contributed by atoms with Gasteiger partial charge in [0.2, 0.25) is 0 Å². The minimum atomic E-state index is 0.124. The van der Waals surface area contributed by atoms with Gasteiger partial charge in [-0.2, -0.15) is 5.26 Å². The molecule has 0 aliphatic carbocycles. The number of hydrogen-bond donors (Lipinski definition) is 3. The van der Waals surface area contributed by atoms with Crippen LogP contribution in [-0.4, -0.2) is 22.6 Å². The molecule has 0 aliphatic heterocycles. The zero-order chi connectivity index (χ0) is 17.5. The van der Waals surface area contributed by atoms with Gasteiger partial charge in [0, 0.05) is 18.3 Å². The number of nitriles is 1. The molecule has 0 amide bonds. The van der Waals surface area contributed by atoms with E-state index in [0.29, 0.717) is 24.1 Å². The molecule has 1 heterocycles. The number of benzene rings is 1. The van der Waals surface area contributed by atoms with Crippen LogP contribution in [0, 0.1) is 24.2 Å². The second-order valence-electron chi connectivity index (χ2n) is 6.27. The van der Waals surface area contributed by atoms with Gasteiger partial charge in [0.15, 0.2) is 11.5 Å². The molecule has 2 rings (SSSR count). The highest BCUT2D eigenvalue weighted by molar-refractivity contribution is 5.63. The Bertz CT molecular complexity index is 720. The molecular weight excluding hydrogens is 300 g/mol. The number of anilines is 3. The van der Waals surface area contributed by atoms with E-state index < -0.39 is 0 Å². The maximum absolute atomic E-state index is 9.26. The predicted octanol–water partition coefficient (Wildman–Crippen LogP) is 3.19. The molecule has 6 heteroatoms. The molecule has 1 aromatic carbocycles. The van der Waals surface area contributed by atoms with Gasteiger partial charge in [-0.25, -0.2) is 9.97 Å². The molecule has 0 saturated heterocycles. The SMILES string of the molecule is Cc1cccc(Nc2nc(NC(CN)CC(C)C)cnc2C#N)c1. The molecule has 4 N–H and O–H groups in total. The van der Waals surface area contributed by atoms with Gasteiger partial charge in [-0.1, -0.05) is 26.0 Å². The Labute approximate surface area is 143 Å². The molecule has 6 nitrogen and oxygen atoms in total. The molecule has 0 radical (unpaired) electrons. The second-order valence-corrected chi connectivity index (χ2v) is 6.27. The van der Waals surface area contributed by atoms with E-state index in [9.17, 15) is 5.26 Å². The summed E-state index contributed by atoms with van der Waals surface area (Å²) in [5, 5.41) is 15.7. The third-order valence-electron chi connectivity index (χ3n) is 3.55. The van der Waals surface area contributed by atoms with Gasteiger partial charge in [0.25, 0.3) is 0 Å². The van der Waals surface area contributed by atoms with Crippen molar-refractivity contribution >= 4 is 17.3 Å². The molecular formula is C18H24N6. The number of aryl methyl sites for hydroxylation is 1. The van der Waals surface area contributed by atoms with Crippen molar-refractivity contribution in [3.63, 3.8) is 0 Å². The van der Waals surface area contributed by atoms with E-state index in [2.05, 4.69) is 40.5 Å². The van der Waals surface area contributed by atoms with Crippen molar-refractivity contribution in [2.45, 2.75) is 33.2 Å². The van der Waals surface area contributed by atoms with Crippen molar-refractivity contribution in [2.75, 3.05) is 17.2 Å². The van der Waals surface area contributed by atoms with Crippen LogP contribution >= 0.6 is 0 Å². The van der Waals surface area contributed by atoms with E-state index in [0.717, 1.165) is 17.7 Å². The number of nitrogens with two attached hydrogens (primary N) is 1. The first-order chi connectivity index (χ1) is 11.5. The lowest BCUT2D eigenvalue weighted by atomic mass is 10.0. The Hall–Kier alpha value is -2.65. The number of hydrogen-bond acceptors (Lipinski definition) is 6. The smallest absolute Gasteiger partial charge is 0.183 e. The van der Waals surface area contributed by atoms with Crippen LogP contribution in [0.4, 0.5) is 17.3 Å². The Balaban J connectivity index is 2.22. The zero-order valence-corrected chi connectivity index (χ0v) is 14.4. The first kappa shape index (κ1) is 17.7. The summed E-state index contributed by atoms with van der Waals surface area (Å²) in [6, 6.07) is 10.1. The number of aromatic nitrogens is 2. The molecule has 0 spiro atoms. The average molecular weight is 324 g/mol. The number of nitrogens with zero attached hydrogens (tertiary/aromatic N) is 3. The maximum Gasteiger partial charge on any atom is 0.183 e. The van der Waals surface area contributed by atoms with Gasteiger partial charge in [-0.15, -0.1) is 0 Å². The number of rotatable bonds is 7. The van der Waals surface area contributed by atoms with Gasteiger partial charge < -0.3 is 16.4 Å². The lowest BCUT2D eigenvalue weighted by Gasteiger charge is -2.19. The van der Waals surface area contributed by atoms with Gasteiger partial charge in [-0.05, 0) is 37.0 Å². The Morgan fingerprint density at radius 3 is 2.75 bits per heavy atom. The van der Waals surface area contributed by atoms with E-state index in [1.165, 1.54) is 0 Å². The van der Waals surface area contributed by atoms with E-state index >= 15 is 0 Å². The summed E-state index contributed by atoms with van der Waals surface area (Å²) in [6.45, 7) is 6.83. The van der Waals surface area contributed by atoms with Crippen molar-refractivity contribution in [3.05, 3.63) is 41.7 Å². The summed E-state index contributed by atoms with van der Waals surface area (Å²) in [5.74, 6) is 1.58. The molecule has 2 aromatic rings. The van der Waals surface area contributed by atoms with Gasteiger partial charge >= 0.3 is 0 Å². The minimum Gasteiger partial charge on any atom is -0.365 e. The summed E-state index contributed by atoms with van der Waals surface area (Å²) in [6.07, 6.45) is 2.52. The first-order valence-corrected chi connectivity index (χ1v) is 8.09. The topological polar surface area (TPSA) is 99.7 Å². The van der Waals surface area contributed by atoms with Crippen LogP contribution in [0.15, 0.2) is 30.5 Å². The fourth-order valence-corrected chi connectivity index (χ4v) is 2.48. The van der Waals surface area contributed by atoms with Crippen LogP contribution in [-0.2, 0) is 0 Å². The molecule has 1 unspecified atom stereocenters. The van der Waals surface area contributed by atoms with Crippen LogP contribution in [0.5, 0.6) is 0 Å². The summed E-state index contributed by atoms with van der Waals surface area (Å²) < 4.78 is 0. The van der Waals surface area contributed by atoms with Gasteiger partial charge in [-0.3, -0.25) is 0 Å². The molecule has 1 aromatic heterocycles. The fraction of sp³-hybridized carbons (Fsp3) is 0.389. The lowest BCUT2D eigenvalue weighted by Crippen LogP contribution is -2.30. The van der Waals surface area contributed by atoms with Crippen LogP contribution in [0.25, 0.3) is 0 Å². The standard InChI is InChI=1S/C18H24N6/c1-12(2)7-15(9-19)22-17-11-21-16(10-20)18(24-17)23-14-6-4-5-13(3)8-14/h4-6,8,11-12,15H,7,9,19H2,1-3H3,(H2,22,23,24). The quantitative estimate of drug-likeness (QED) is 0.723. The minimum absolute atomic E-state index is 0.124. The Morgan fingerprint density at radius 1 is 1.33 bits per heavy atom. The highest BCUT2D eigenvalue weighted by Gasteiger charge is 2.12. The molecule has 126 valence electrons. The summed E-state index contributed by atoms with van der Waals surface area (Å²) in [5.41, 5.74) is 8.08. The van der Waals surface area contributed by atoms with Gasteiger partial charge in [0.05, 0.1) is 6.20 Å². The molecule has 0 fully saturated rings. The average Bonchev–Trinajstić information content (AvgIpc) is 2.54. The largest absolute Gasteiger partial charge is 0.365 e. The van der Waals surface area contributed by atoms with Crippen LogP contribution in [0.2, 0.25) is 0 Å². The van der Waals surface area contributed by atoms with E-state index in [1.54, 1.807) is 6.20 Å². The fourth-order valence-electron chi connectivity index (χ4n) is 2.48. The van der Waals surface area contributed by atoms with E-state index in [1.807, 2.05) is 31.2 Å². The first-order valence-electron chi connectivity index (χ1n) is 8.09. The normalized spacial score (nSPS) is 11.8. The highest BCUT2D eigenvalue weighted by Crippen LogP contribution is 2.20. The molecule has 24 heavy (non-hydrogen) atoms. The monoisotopic (exact) mass is 324 g/mol.